The second kappa shape index (κ2) is 12.9. The van der Waals surface area contributed by atoms with E-state index in [1.54, 1.807) is 13.8 Å². The van der Waals surface area contributed by atoms with Gasteiger partial charge in [0.25, 0.3) is 0 Å². The van der Waals surface area contributed by atoms with Gasteiger partial charge < -0.3 is 0 Å². The Labute approximate surface area is 143 Å². The second-order valence-corrected chi connectivity index (χ2v) is 6.99. The Hall–Kier alpha value is -0.360. The van der Waals surface area contributed by atoms with Crippen LogP contribution in [0.1, 0.15) is 65.7 Å². The van der Waals surface area contributed by atoms with Gasteiger partial charge in [0.2, 0.25) is 0 Å². The number of hydrogen-bond acceptors (Lipinski definition) is 4. The lowest BCUT2D eigenvalue weighted by Gasteiger charge is -2.16. The van der Waals surface area contributed by atoms with Crippen molar-refractivity contribution < 1.29 is 31.3 Å². The maximum Gasteiger partial charge on any atom is 0.475 e. The Morgan fingerprint density at radius 2 is 1.46 bits per heavy atom. The minimum atomic E-state index is -4.41. The molecule has 0 radical (unpaired) electrons. The smallest absolute Gasteiger partial charge is 0.287 e. The summed E-state index contributed by atoms with van der Waals surface area (Å²) >= 11 is 0. The fourth-order valence-corrected chi connectivity index (χ4v) is 3.23. The van der Waals surface area contributed by atoms with E-state index in [-0.39, 0.29) is 19.6 Å². The molecule has 0 heterocycles. The zero-order valence-corrected chi connectivity index (χ0v) is 15.8. The second-order valence-electron chi connectivity index (χ2n) is 5.32. The SMILES string of the molecule is CCCCCCCCC(=CCOP(=O)(OCC)OCC)C(F)(F)F. The molecule has 0 fully saturated rings. The first-order valence-electron chi connectivity index (χ1n) is 8.59. The zero-order valence-electron chi connectivity index (χ0n) is 14.9. The average molecular weight is 374 g/mol. The van der Waals surface area contributed by atoms with E-state index in [0.29, 0.717) is 6.42 Å². The van der Waals surface area contributed by atoms with Crippen LogP contribution in [0.2, 0.25) is 0 Å². The molecule has 24 heavy (non-hydrogen) atoms. The first-order chi connectivity index (χ1) is 11.3. The molecule has 4 nitrogen and oxygen atoms in total. The van der Waals surface area contributed by atoms with Crippen molar-refractivity contribution >= 4 is 7.82 Å². The summed E-state index contributed by atoms with van der Waals surface area (Å²) in [5.41, 5.74) is -0.655. The molecule has 0 aliphatic rings. The van der Waals surface area contributed by atoms with Gasteiger partial charge in [-0.2, -0.15) is 13.2 Å². The van der Waals surface area contributed by atoms with Gasteiger partial charge in [-0.15, -0.1) is 0 Å². The number of rotatable bonds is 14. The predicted octanol–water partition coefficient (Wildman–Crippen LogP) is 6.42. The molecule has 0 aliphatic carbocycles. The largest absolute Gasteiger partial charge is 0.475 e. The number of alkyl halides is 3. The summed E-state index contributed by atoms with van der Waals surface area (Å²) in [6, 6.07) is 0. The molecule has 0 rings (SSSR count). The van der Waals surface area contributed by atoms with Crippen molar-refractivity contribution in [3.63, 3.8) is 0 Å². The van der Waals surface area contributed by atoms with Crippen molar-refractivity contribution in [2.24, 2.45) is 0 Å². The molecule has 0 atom stereocenters. The predicted molar refractivity (Wildman–Crippen MR) is 88.9 cm³/mol. The van der Waals surface area contributed by atoms with Crippen molar-refractivity contribution in [2.45, 2.75) is 71.9 Å². The Morgan fingerprint density at radius 1 is 0.917 bits per heavy atom. The van der Waals surface area contributed by atoms with Gasteiger partial charge in [-0.25, -0.2) is 4.57 Å². The number of halogens is 3. The average Bonchev–Trinajstić information content (AvgIpc) is 2.48. The number of phosphoric ester groups is 1. The summed E-state index contributed by atoms with van der Waals surface area (Å²) in [6.07, 6.45) is 1.91. The van der Waals surface area contributed by atoms with Gasteiger partial charge in [0, 0.05) is 5.57 Å². The quantitative estimate of drug-likeness (QED) is 0.200. The highest BCUT2D eigenvalue weighted by Crippen LogP contribution is 2.49. The molecule has 0 aromatic rings. The normalized spacial score (nSPS) is 13.5. The van der Waals surface area contributed by atoms with E-state index in [9.17, 15) is 17.7 Å². The number of unbranched alkanes of at least 4 members (excludes halogenated alkanes) is 5. The lowest BCUT2D eigenvalue weighted by Crippen LogP contribution is -2.13. The molecule has 0 unspecified atom stereocenters. The highest BCUT2D eigenvalue weighted by atomic mass is 31.2. The minimum absolute atomic E-state index is 0.0629. The molecule has 144 valence electrons. The highest BCUT2D eigenvalue weighted by molar-refractivity contribution is 7.48. The van der Waals surface area contributed by atoms with E-state index >= 15 is 0 Å². The van der Waals surface area contributed by atoms with E-state index in [1.807, 2.05) is 0 Å². The van der Waals surface area contributed by atoms with Crippen LogP contribution in [0.3, 0.4) is 0 Å². The molecule has 0 saturated carbocycles. The third kappa shape index (κ3) is 11.2. The molecule has 0 bridgehead atoms. The molecule has 0 spiro atoms. The first kappa shape index (κ1) is 23.6. The summed E-state index contributed by atoms with van der Waals surface area (Å²) in [4.78, 5) is 0. The molecule has 0 aliphatic heterocycles. The van der Waals surface area contributed by atoms with E-state index in [0.717, 1.165) is 38.2 Å². The lowest BCUT2D eigenvalue weighted by atomic mass is 10.0. The van der Waals surface area contributed by atoms with Crippen LogP contribution in [0.5, 0.6) is 0 Å². The Bertz CT molecular complexity index is 387. The van der Waals surface area contributed by atoms with Crippen LogP contribution in [-0.4, -0.2) is 26.0 Å². The third-order valence-electron chi connectivity index (χ3n) is 3.30. The fourth-order valence-electron chi connectivity index (χ4n) is 2.11. The van der Waals surface area contributed by atoms with Crippen LogP contribution in [0.15, 0.2) is 11.6 Å². The minimum Gasteiger partial charge on any atom is -0.287 e. The standard InChI is InChI=1S/C16H30F3O4P/c1-4-7-8-9-10-11-12-15(16(17,18)19)13-14-23-24(20,21-5-2)22-6-3/h13H,4-12,14H2,1-3H3. The molecule has 0 saturated heterocycles. The van der Waals surface area contributed by atoms with Crippen molar-refractivity contribution in [2.75, 3.05) is 19.8 Å². The van der Waals surface area contributed by atoms with Gasteiger partial charge in [-0.3, -0.25) is 13.6 Å². The molecule has 0 aromatic heterocycles. The monoisotopic (exact) mass is 374 g/mol. The van der Waals surface area contributed by atoms with Gasteiger partial charge in [0.1, 0.15) is 0 Å². The molecule has 0 aromatic carbocycles. The molecule has 0 amide bonds. The van der Waals surface area contributed by atoms with Gasteiger partial charge >= 0.3 is 14.0 Å². The Balaban J connectivity index is 4.49. The third-order valence-corrected chi connectivity index (χ3v) is 4.91. The van der Waals surface area contributed by atoms with Gasteiger partial charge in [-0.1, -0.05) is 45.1 Å². The molecular formula is C16H30F3O4P. The molecule has 8 heteroatoms. The van der Waals surface area contributed by atoms with Crippen molar-refractivity contribution in [1.82, 2.24) is 0 Å². The van der Waals surface area contributed by atoms with Crippen LogP contribution in [0, 0.1) is 0 Å². The maximum atomic E-state index is 13.0. The Kier molecular flexibility index (Phi) is 12.7. The van der Waals surface area contributed by atoms with E-state index < -0.39 is 26.2 Å². The van der Waals surface area contributed by atoms with Gasteiger partial charge in [0.05, 0.1) is 19.8 Å². The van der Waals surface area contributed by atoms with Crippen molar-refractivity contribution in [3.05, 3.63) is 11.6 Å². The maximum absolute atomic E-state index is 13.0. The van der Waals surface area contributed by atoms with Crippen molar-refractivity contribution in [3.8, 4) is 0 Å². The van der Waals surface area contributed by atoms with Crippen LogP contribution >= 0.6 is 7.82 Å². The summed E-state index contributed by atoms with van der Waals surface area (Å²) in [5, 5.41) is 0. The molecule has 0 N–H and O–H groups in total. The summed E-state index contributed by atoms with van der Waals surface area (Å²) in [7, 11) is -3.78. The Morgan fingerprint density at radius 3 is 1.96 bits per heavy atom. The zero-order chi connectivity index (χ0) is 18.5. The van der Waals surface area contributed by atoms with E-state index in [1.165, 1.54) is 0 Å². The van der Waals surface area contributed by atoms with Crippen molar-refractivity contribution in [1.29, 1.82) is 0 Å². The number of allylic oxidation sites excluding steroid dienone is 1. The summed E-state index contributed by atoms with van der Waals surface area (Å²) in [6.45, 7) is 5.01. The van der Waals surface area contributed by atoms with E-state index in [4.69, 9.17) is 13.6 Å². The summed E-state index contributed by atoms with van der Waals surface area (Å²) in [5.74, 6) is 0. The number of phosphoric acid groups is 1. The highest BCUT2D eigenvalue weighted by Gasteiger charge is 2.33. The topological polar surface area (TPSA) is 44.8 Å². The summed E-state index contributed by atoms with van der Waals surface area (Å²) < 4.78 is 65.7. The van der Waals surface area contributed by atoms with Crippen LogP contribution in [0.25, 0.3) is 0 Å². The van der Waals surface area contributed by atoms with Gasteiger partial charge in [0.15, 0.2) is 0 Å². The first-order valence-corrected chi connectivity index (χ1v) is 10.0. The molecular weight excluding hydrogens is 344 g/mol. The van der Waals surface area contributed by atoms with Crippen LogP contribution in [-0.2, 0) is 18.1 Å². The van der Waals surface area contributed by atoms with Crippen LogP contribution < -0.4 is 0 Å². The lowest BCUT2D eigenvalue weighted by molar-refractivity contribution is -0.0946. The fraction of sp³-hybridized carbons (Fsp3) is 0.875. The number of hydrogen-bond donors (Lipinski definition) is 0. The van der Waals surface area contributed by atoms with Gasteiger partial charge in [-0.05, 0) is 26.7 Å². The van der Waals surface area contributed by atoms with E-state index in [2.05, 4.69) is 6.92 Å². The van der Waals surface area contributed by atoms with Crippen LogP contribution in [0.4, 0.5) is 13.2 Å².